The molecule has 0 aromatic carbocycles. The Kier molecular flexibility index (Phi) is 1.85. The summed E-state index contributed by atoms with van der Waals surface area (Å²) < 4.78 is 5.14. The van der Waals surface area contributed by atoms with Crippen molar-refractivity contribution >= 4 is 5.97 Å². The molecule has 0 amide bonds. The second-order valence-electron chi connectivity index (χ2n) is 4.30. The van der Waals surface area contributed by atoms with Crippen LogP contribution in [0.25, 0.3) is 0 Å². The van der Waals surface area contributed by atoms with Crippen LogP contribution in [-0.4, -0.2) is 12.6 Å². The number of ether oxygens (including phenoxy) is 1. The minimum absolute atomic E-state index is 0.0188. The molecule has 0 aromatic rings. The third-order valence-electron chi connectivity index (χ3n) is 3.67. The Balaban J connectivity index is 2.14. The van der Waals surface area contributed by atoms with Crippen LogP contribution in [-0.2, 0) is 9.53 Å². The molecule has 0 N–H and O–H groups in total. The Bertz CT molecular complexity index is 200. The van der Waals surface area contributed by atoms with Crippen LogP contribution in [0, 0.1) is 23.7 Å². The van der Waals surface area contributed by atoms with Crippen molar-refractivity contribution < 1.29 is 9.53 Å². The standard InChI is InChI=1S/C10H16O2/c1-6-3-4-8-7(2)10(11)12-5-9(6)8/h6-9H,3-5H2,1-2H3/t6-,7-,8+,9-/m0/s1. The number of cyclic esters (lactones) is 1. The van der Waals surface area contributed by atoms with E-state index in [4.69, 9.17) is 4.74 Å². The number of carbonyl (C=O) groups excluding carboxylic acids is 1. The number of hydrogen-bond donors (Lipinski definition) is 0. The predicted molar refractivity (Wildman–Crippen MR) is 45.5 cm³/mol. The Morgan fingerprint density at radius 3 is 2.75 bits per heavy atom. The van der Waals surface area contributed by atoms with Crippen molar-refractivity contribution in [3.63, 3.8) is 0 Å². The lowest BCUT2D eigenvalue weighted by atomic mass is 9.81. The van der Waals surface area contributed by atoms with E-state index < -0.39 is 0 Å². The maximum absolute atomic E-state index is 11.2. The van der Waals surface area contributed by atoms with E-state index in [9.17, 15) is 4.79 Å². The fraction of sp³-hybridized carbons (Fsp3) is 0.900. The molecule has 0 spiro atoms. The molecule has 2 aliphatic rings. The Hall–Kier alpha value is -0.530. The van der Waals surface area contributed by atoms with Gasteiger partial charge in [0.1, 0.15) is 0 Å². The second kappa shape index (κ2) is 2.75. The van der Waals surface area contributed by atoms with Gasteiger partial charge in [0.2, 0.25) is 0 Å². The summed E-state index contributed by atoms with van der Waals surface area (Å²) in [5.41, 5.74) is 0. The van der Waals surface area contributed by atoms with Crippen LogP contribution in [0.5, 0.6) is 0 Å². The number of esters is 1. The van der Waals surface area contributed by atoms with Gasteiger partial charge in [0.05, 0.1) is 12.5 Å². The molecule has 0 unspecified atom stereocenters. The highest BCUT2D eigenvalue weighted by molar-refractivity contribution is 5.73. The van der Waals surface area contributed by atoms with Gasteiger partial charge in [-0.1, -0.05) is 20.3 Å². The molecule has 1 heterocycles. The molecule has 12 heavy (non-hydrogen) atoms. The van der Waals surface area contributed by atoms with Crippen LogP contribution in [0.15, 0.2) is 0 Å². The SMILES string of the molecule is C[C@@H]1C(=O)OC[C@@H]2[C@@H]1CC[C@@H]2C. The maximum atomic E-state index is 11.2. The van der Waals surface area contributed by atoms with E-state index in [0.29, 0.717) is 18.4 Å². The fourth-order valence-corrected chi connectivity index (χ4v) is 2.70. The van der Waals surface area contributed by atoms with Crippen LogP contribution in [0.3, 0.4) is 0 Å². The lowest BCUT2D eigenvalue weighted by Crippen LogP contribution is -2.36. The summed E-state index contributed by atoms with van der Waals surface area (Å²) in [6.45, 7) is 4.96. The molecule has 1 saturated heterocycles. The van der Waals surface area contributed by atoms with E-state index in [2.05, 4.69) is 6.92 Å². The molecular formula is C10H16O2. The quantitative estimate of drug-likeness (QED) is 0.516. The van der Waals surface area contributed by atoms with Gasteiger partial charge in [-0.25, -0.2) is 0 Å². The number of carbonyl (C=O) groups is 1. The van der Waals surface area contributed by atoms with Crippen LogP contribution in [0.4, 0.5) is 0 Å². The van der Waals surface area contributed by atoms with Gasteiger partial charge < -0.3 is 4.74 Å². The molecule has 1 saturated carbocycles. The van der Waals surface area contributed by atoms with Gasteiger partial charge in [-0.05, 0) is 24.2 Å². The van der Waals surface area contributed by atoms with Crippen molar-refractivity contribution in [2.24, 2.45) is 23.7 Å². The maximum Gasteiger partial charge on any atom is 0.308 e. The Morgan fingerprint density at radius 2 is 2.00 bits per heavy atom. The summed E-state index contributed by atoms with van der Waals surface area (Å²) in [4.78, 5) is 11.2. The van der Waals surface area contributed by atoms with Gasteiger partial charge >= 0.3 is 5.97 Å². The third kappa shape index (κ3) is 1.05. The Morgan fingerprint density at radius 1 is 1.25 bits per heavy atom. The van der Waals surface area contributed by atoms with Gasteiger partial charge in [0.15, 0.2) is 0 Å². The van der Waals surface area contributed by atoms with Crippen molar-refractivity contribution in [3.05, 3.63) is 0 Å². The zero-order valence-corrected chi connectivity index (χ0v) is 7.75. The molecule has 68 valence electrons. The smallest absolute Gasteiger partial charge is 0.308 e. The van der Waals surface area contributed by atoms with E-state index in [-0.39, 0.29) is 11.9 Å². The van der Waals surface area contributed by atoms with E-state index in [1.54, 1.807) is 0 Å². The van der Waals surface area contributed by atoms with Gasteiger partial charge in [-0.15, -0.1) is 0 Å². The van der Waals surface area contributed by atoms with Gasteiger partial charge in [0, 0.05) is 0 Å². The molecular weight excluding hydrogens is 152 g/mol. The van der Waals surface area contributed by atoms with Crippen LogP contribution >= 0.6 is 0 Å². The average Bonchev–Trinajstić information content (AvgIpc) is 2.41. The van der Waals surface area contributed by atoms with Crippen LogP contribution in [0.2, 0.25) is 0 Å². The summed E-state index contributed by atoms with van der Waals surface area (Å²) in [5.74, 6) is 2.18. The number of rotatable bonds is 0. The normalized spacial score (nSPS) is 47.0. The molecule has 4 atom stereocenters. The number of hydrogen-bond acceptors (Lipinski definition) is 2. The van der Waals surface area contributed by atoms with Gasteiger partial charge in [-0.3, -0.25) is 4.79 Å². The summed E-state index contributed by atoms with van der Waals surface area (Å²) in [7, 11) is 0. The average molecular weight is 168 g/mol. The van der Waals surface area contributed by atoms with Crippen molar-refractivity contribution in [3.8, 4) is 0 Å². The minimum Gasteiger partial charge on any atom is -0.465 e. The highest BCUT2D eigenvalue weighted by Gasteiger charge is 2.43. The third-order valence-corrected chi connectivity index (χ3v) is 3.67. The molecule has 1 aliphatic heterocycles. The second-order valence-corrected chi connectivity index (χ2v) is 4.30. The van der Waals surface area contributed by atoms with E-state index in [1.165, 1.54) is 12.8 Å². The minimum atomic E-state index is 0.0188. The summed E-state index contributed by atoms with van der Waals surface area (Å²) in [6, 6.07) is 0. The van der Waals surface area contributed by atoms with Gasteiger partial charge in [0.25, 0.3) is 0 Å². The fourth-order valence-electron chi connectivity index (χ4n) is 2.70. The topological polar surface area (TPSA) is 26.3 Å². The molecule has 1 aliphatic carbocycles. The van der Waals surface area contributed by atoms with Crippen LogP contribution in [0.1, 0.15) is 26.7 Å². The van der Waals surface area contributed by atoms with Crippen molar-refractivity contribution in [1.29, 1.82) is 0 Å². The molecule has 0 radical (unpaired) electrons. The van der Waals surface area contributed by atoms with Gasteiger partial charge in [-0.2, -0.15) is 0 Å². The first-order chi connectivity index (χ1) is 5.70. The molecule has 2 nitrogen and oxygen atoms in total. The molecule has 0 aromatic heterocycles. The highest BCUT2D eigenvalue weighted by Crippen LogP contribution is 2.43. The van der Waals surface area contributed by atoms with E-state index >= 15 is 0 Å². The highest BCUT2D eigenvalue weighted by atomic mass is 16.5. The summed E-state index contributed by atoms with van der Waals surface area (Å²) in [5, 5.41) is 0. The first kappa shape index (κ1) is 8.09. The molecule has 2 fully saturated rings. The summed E-state index contributed by atoms with van der Waals surface area (Å²) in [6.07, 6.45) is 2.50. The monoisotopic (exact) mass is 168 g/mol. The number of fused-ring (bicyclic) bond motifs is 1. The predicted octanol–water partition coefficient (Wildman–Crippen LogP) is 1.84. The first-order valence-electron chi connectivity index (χ1n) is 4.87. The van der Waals surface area contributed by atoms with Crippen molar-refractivity contribution in [1.82, 2.24) is 0 Å². The Labute approximate surface area is 73.3 Å². The van der Waals surface area contributed by atoms with Crippen molar-refractivity contribution in [2.45, 2.75) is 26.7 Å². The summed E-state index contributed by atoms with van der Waals surface area (Å²) >= 11 is 0. The van der Waals surface area contributed by atoms with Crippen molar-refractivity contribution in [2.75, 3.05) is 6.61 Å². The largest absolute Gasteiger partial charge is 0.465 e. The molecule has 0 bridgehead atoms. The zero-order chi connectivity index (χ0) is 8.72. The lowest BCUT2D eigenvalue weighted by Gasteiger charge is -2.31. The van der Waals surface area contributed by atoms with Crippen LogP contribution < -0.4 is 0 Å². The zero-order valence-electron chi connectivity index (χ0n) is 7.75. The molecule has 2 heteroatoms. The lowest BCUT2D eigenvalue weighted by molar-refractivity contribution is -0.159. The molecule has 2 rings (SSSR count). The first-order valence-corrected chi connectivity index (χ1v) is 4.87. The van der Waals surface area contributed by atoms with E-state index in [0.717, 1.165) is 5.92 Å². The van der Waals surface area contributed by atoms with E-state index in [1.807, 2.05) is 6.92 Å².